The molecule has 0 saturated heterocycles. The zero-order chi connectivity index (χ0) is 15.9. The Morgan fingerprint density at radius 1 is 1.09 bits per heavy atom. The average Bonchev–Trinajstić information content (AvgIpc) is 2.55. The monoisotopic (exact) mass is 297 g/mol. The van der Waals surface area contributed by atoms with Crippen LogP contribution in [0.4, 0.5) is 0 Å². The zero-order valence-corrected chi connectivity index (χ0v) is 13.1. The van der Waals surface area contributed by atoms with Gasteiger partial charge in [0.2, 0.25) is 5.91 Å². The van der Waals surface area contributed by atoms with E-state index in [-0.39, 0.29) is 18.4 Å². The first-order valence-corrected chi connectivity index (χ1v) is 7.69. The molecule has 0 radical (unpaired) electrons. The Morgan fingerprint density at radius 3 is 2.36 bits per heavy atom. The van der Waals surface area contributed by atoms with Crippen molar-refractivity contribution in [1.29, 1.82) is 0 Å². The third-order valence-corrected chi connectivity index (χ3v) is 3.94. The molecular formula is C19H23NO2. The van der Waals surface area contributed by atoms with Gasteiger partial charge in [-0.15, -0.1) is 0 Å². The topological polar surface area (TPSA) is 49.3 Å². The van der Waals surface area contributed by atoms with Crippen molar-refractivity contribution >= 4 is 5.91 Å². The summed E-state index contributed by atoms with van der Waals surface area (Å²) in [6.07, 6.45) is 0.0504. The average molecular weight is 297 g/mol. The summed E-state index contributed by atoms with van der Waals surface area (Å²) in [4.78, 5) is 12.4. The number of hydrogen-bond acceptors (Lipinski definition) is 2. The third-order valence-electron chi connectivity index (χ3n) is 3.94. The van der Waals surface area contributed by atoms with E-state index >= 15 is 0 Å². The van der Waals surface area contributed by atoms with Crippen LogP contribution in [0.1, 0.15) is 42.1 Å². The van der Waals surface area contributed by atoms with Gasteiger partial charge in [-0.3, -0.25) is 4.79 Å². The molecule has 0 bridgehead atoms. The zero-order valence-electron chi connectivity index (χ0n) is 13.1. The van der Waals surface area contributed by atoms with Crippen molar-refractivity contribution in [3.63, 3.8) is 0 Å². The third kappa shape index (κ3) is 3.95. The van der Waals surface area contributed by atoms with Gasteiger partial charge in [0.15, 0.2) is 0 Å². The molecule has 0 aliphatic carbocycles. The second kappa shape index (κ2) is 7.76. The van der Waals surface area contributed by atoms with Crippen LogP contribution in [0.3, 0.4) is 0 Å². The molecule has 1 amide bonds. The number of aryl methyl sites for hydroxylation is 1. The van der Waals surface area contributed by atoms with Gasteiger partial charge < -0.3 is 10.4 Å². The van der Waals surface area contributed by atoms with Crippen molar-refractivity contribution in [2.45, 2.75) is 32.3 Å². The Balaban J connectivity index is 1.98. The molecule has 3 nitrogen and oxygen atoms in total. The lowest BCUT2D eigenvalue weighted by Crippen LogP contribution is -2.32. The lowest BCUT2D eigenvalue weighted by Gasteiger charge is -2.18. The van der Waals surface area contributed by atoms with E-state index in [0.29, 0.717) is 0 Å². The van der Waals surface area contributed by atoms with E-state index in [1.54, 1.807) is 0 Å². The number of carbonyl (C=O) groups is 1. The fourth-order valence-corrected chi connectivity index (χ4v) is 2.65. The second-order valence-corrected chi connectivity index (χ2v) is 5.49. The Morgan fingerprint density at radius 2 is 1.73 bits per heavy atom. The van der Waals surface area contributed by atoms with E-state index in [2.05, 4.69) is 5.32 Å². The minimum Gasteiger partial charge on any atom is -0.387 e. The van der Waals surface area contributed by atoms with Crippen molar-refractivity contribution in [2.75, 3.05) is 6.54 Å². The summed E-state index contributed by atoms with van der Waals surface area (Å²) in [6.45, 7) is 4.18. The summed E-state index contributed by atoms with van der Waals surface area (Å²) in [5, 5.41) is 13.1. The lowest BCUT2D eigenvalue weighted by molar-refractivity contribution is -0.123. The predicted octanol–water partition coefficient (Wildman–Crippen LogP) is 3.34. The number of benzene rings is 2. The molecule has 2 aromatic carbocycles. The Bertz CT molecular complexity index is 610. The van der Waals surface area contributed by atoms with Gasteiger partial charge in [0.25, 0.3) is 0 Å². The van der Waals surface area contributed by atoms with E-state index in [0.717, 1.165) is 23.1 Å². The van der Waals surface area contributed by atoms with Crippen molar-refractivity contribution in [2.24, 2.45) is 0 Å². The molecule has 0 saturated carbocycles. The fraction of sp³-hybridized carbons (Fsp3) is 0.316. The number of rotatable bonds is 6. The highest BCUT2D eigenvalue weighted by atomic mass is 16.3. The molecule has 0 aromatic heterocycles. The molecule has 22 heavy (non-hydrogen) atoms. The molecule has 0 aliphatic heterocycles. The van der Waals surface area contributed by atoms with Gasteiger partial charge in [-0.1, -0.05) is 61.5 Å². The summed E-state index contributed by atoms with van der Waals surface area (Å²) in [5.74, 6) is -0.216. The summed E-state index contributed by atoms with van der Waals surface area (Å²) in [6, 6.07) is 17.4. The van der Waals surface area contributed by atoms with Gasteiger partial charge in [0, 0.05) is 6.54 Å². The maximum absolute atomic E-state index is 12.4. The molecule has 3 heteroatoms. The van der Waals surface area contributed by atoms with Crippen LogP contribution in [-0.2, 0) is 4.79 Å². The van der Waals surface area contributed by atoms with Crippen molar-refractivity contribution in [1.82, 2.24) is 5.32 Å². The SMILES string of the molecule is CCC(C(=O)NCC(O)c1ccccc1C)c1ccccc1. The largest absolute Gasteiger partial charge is 0.387 e. The molecule has 0 fully saturated rings. The molecule has 2 rings (SSSR count). The van der Waals surface area contributed by atoms with Crippen LogP contribution in [-0.4, -0.2) is 17.6 Å². The highest BCUT2D eigenvalue weighted by molar-refractivity contribution is 5.83. The van der Waals surface area contributed by atoms with Gasteiger partial charge in [0.1, 0.15) is 0 Å². The standard InChI is InChI=1S/C19H23NO2/c1-3-16(15-10-5-4-6-11-15)19(22)20-13-18(21)17-12-8-7-9-14(17)2/h4-12,16,18,21H,3,13H2,1-2H3,(H,20,22). The number of hydrogen-bond donors (Lipinski definition) is 2. The van der Waals surface area contributed by atoms with Crippen LogP contribution in [0.15, 0.2) is 54.6 Å². The first-order chi connectivity index (χ1) is 10.6. The van der Waals surface area contributed by atoms with Crippen molar-refractivity contribution in [3.05, 3.63) is 71.3 Å². The van der Waals surface area contributed by atoms with E-state index in [9.17, 15) is 9.90 Å². The maximum atomic E-state index is 12.4. The van der Waals surface area contributed by atoms with Gasteiger partial charge in [-0.2, -0.15) is 0 Å². The number of amides is 1. The van der Waals surface area contributed by atoms with Gasteiger partial charge in [-0.25, -0.2) is 0 Å². The van der Waals surface area contributed by atoms with E-state index in [4.69, 9.17) is 0 Å². The molecule has 0 heterocycles. The first kappa shape index (κ1) is 16.2. The number of carbonyl (C=O) groups excluding carboxylic acids is 1. The predicted molar refractivity (Wildman–Crippen MR) is 88.6 cm³/mol. The molecule has 2 atom stereocenters. The molecule has 2 N–H and O–H groups in total. The highest BCUT2D eigenvalue weighted by Gasteiger charge is 2.19. The number of nitrogens with one attached hydrogen (secondary N) is 1. The highest BCUT2D eigenvalue weighted by Crippen LogP contribution is 2.20. The van der Waals surface area contributed by atoms with Gasteiger partial charge in [-0.05, 0) is 30.0 Å². The van der Waals surface area contributed by atoms with E-state index < -0.39 is 6.10 Å². The van der Waals surface area contributed by atoms with Crippen LogP contribution >= 0.6 is 0 Å². The number of aliphatic hydroxyl groups is 1. The smallest absolute Gasteiger partial charge is 0.227 e. The van der Waals surface area contributed by atoms with Crippen molar-refractivity contribution in [3.8, 4) is 0 Å². The minimum absolute atomic E-state index is 0.0404. The summed E-state index contributed by atoms with van der Waals surface area (Å²) < 4.78 is 0. The van der Waals surface area contributed by atoms with Gasteiger partial charge in [0.05, 0.1) is 12.0 Å². The molecular weight excluding hydrogens is 274 g/mol. The van der Waals surface area contributed by atoms with Crippen LogP contribution in [0.5, 0.6) is 0 Å². The number of aliphatic hydroxyl groups excluding tert-OH is 1. The Hall–Kier alpha value is -2.13. The summed E-state index contributed by atoms with van der Waals surface area (Å²) in [7, 11) is 0. The van der Waals surface area contributed by atoms with Crippen LogP contribution < -0.4 is 5.32 Å². The van der Waals surface area contributed by atoms with Crippen LogP contribution in [0.25, 0.3) is 0 Å². The first-order valence-electron chi connectivity index (χ1n) is 7.69. The normalized spacial score (nSPS) is 13.4. The quantitative estimate of drug-likeness (QED) is 0.859. The van der Waals surface area contributed by atoms with Gasteiger partial charge >= 0.3 is 0 Å². The van der Waals surface area contributed by atoms with Crippen LogP contribution in [0.2, 0.25) is 0 Å². The summed E-state index contributed by atoms with van der Waals surface area (Å²) in [5.41, 5.74) is 2.89. The molecule has 2 unspecified atom stereocenters. The molecule has 0 aliphatic rings. The lowest BCUT2D eigenvalue weighted by atomic mass is 9.95. The fourth-order valence-electron chi connectivity index (χ4n) is 2.65. The molecule has 116 valence electrons. The van der Waals surface area contributed by atoms with Crippen molar-refractivity contribution < 1.29 is 9.90 Å². The second-order valence-electron chi connectivity index (χ2n) is 5.49. The van der Waals surface area contributed by atoms with E-state index in [1.807, 2.05) is 68.4 Å². The maximum Gasteiger partial charge on any atom is 0.227 e. The van der Waals surface area contributed by atoms with E-state index in [1.165, 1.54) is 0 Å². The Labute approximate surface area is 132 Å². The molecule has 0 spiro atoms. The summed E-state index contributed by atoms with van der Waals surface area (Å²) >= 11 is 0. The Kier molecular flexibility index (Phi) is 5.73. The van der Waals surface area contributed by atoms with Crippen LogP contribution in [0, 0.1) is 6.92 Å². The minimum atomic E-state index is -0.682. The molecule has 2 aromatic rings.